The van der Waals surface area contributed by atoms with Crippen LogP contribution in [0, 0.1) is 6.92 Å². The lowest BCUT2D eigenvalue weighted by Crippen LogP contribution is -2.21. The molecule has 4 rings (SSSR count). The van der Waals surface area contributed by atoms with E-state index in [1.807, 2.05) is 0 Å². The van der Waals surface area contributed by atoms with Crippen molar-refractivity contribution in [1.82, 2.24) is 4.57 Å². The standard InChI is InChI=1S/C21H19ClN2O4S/c1-13-18(22)7-4-8-19(13)24-20(25)16-6-3-2-5-15(16)17(21(24)26)11-23-14-9-10-29(27,28)12-14/h2-8,11,14,26H,9-10,12H2,1H3. The largest absolute Gasteiger partial charge is 0.494 e. The van der Waals surface area contributed by atoms with Gasteiger partial charge in [-0.25, -0.2) is 13.0 Å². The highest BCUT2D eigenvalue weighted by Crippen LogP contribution is 2.29. The first-order valence-electron chi connectivity index (χ1n) is 9.14. The van der Waals surface area contributed by atoms with E-state index >= 15 is 0 Å². The highest BCUT2D eigenvalue weighted by Gasteiger charge is 2.27. The topological polar surface area (TPSA) is 88.7 Å². The molecule has 0 aliphatic carbocycles. The number of fused-ring (bicyclic) bond motifs is 1. The first kappa shape index (κ1) is 19.7. The Morgan fingerprint density at radius 2 is 1.90 bits per heavy atom. The van der Waals surface area contributed by atoms with Crippen LogP contribution in [-0.2, 0) is 9.84 Å². The summed E-state index contributed by atoms with van der Waals surface area (Å²) < 4.78 is 24.6. The SMILES string of the molecule is Cc1c(Cl)cccc1-n1c(O)c(C=NC2CCS(=O)(=O)C2)c2ccccc2c1=O. The highest BCUT2D eigenvalue weighted by atomic mass is 35.5. The molecule has 1 aliphatic rings. The molecule has 1 saturated heterocycles. The number of aliphatic imine (C=N–C) groups is 1. The molecule has 3 aromatic rings. The van der Waals surface area contributed by atoms with Gasteiger partial charge in [0.25, 0.3) is 5.56 Å². The van der Waals surface area contributed by atoms with Gasteiger partial charge in [-0.2, -0.15) is 0 Å². The van der Waals surface area contributed by atoms with Crippen LogP contribution in [-0.4, -0.2) is 41.9 Å². The van der Waals surface area contributed by atoms with E-state index in [0.717, 1.165) is 0 Å². The molecule has 8 heteroatoms. The maximum absolute atomic E-state index is 13.1. The van der Waals surface area contributed by atoms with E-state index in [0.29, 0.717) is 39.0 Å². The smallest absolute Gasteiger partial charge is 0.265 e. The zero-order valence-electron chi connectivity index (χ0n) is 15.7. The molecule has 0 amide bonds. The minimum absolute atomic E-state index is 0.00473. The second-order valence-electron chi connectivity index (χ2n) is 7.14. The molecule has 1 aliphatic heterocycles. The minimum atomic E-state index is -3.07. The van der Waals surface area contributed by atoms with Gasteiger partial charge in [0.2, 0.25) is 5.88 Å². The zero-order valence-corrected chi connectivity index (χ0v) is 17.2. The van der Waals surface area contributed by atoms with Crippen molar-refractivity contribution in [1.29, 1.82) is 0 Å². The fourth-order valence-corrected chi connectivity index (χ4v) is 5.43. The number of aromatic hydroxyl groups is 1. The van der Waals surface area contributed by atoms with Gasteiger partial charge in [-0.1, -0.05) is 35.9 Å². The summed E-state index contributed by atoms with van der Waals surface area (Å²) in [5, 5.41) is 12.5. The summed E-state index contributed by atoms with van der Waals surface area (Å²) in [5.74, 6) is -0.151. The molecule has 2 heterocycles. The molecule has 1 fully saturated rings. The van der Waals surface area contributed by atoms with E-state index < -0.39 is 9.84 Å². The van der Waals surface area contributed by atoms with Crippen LogP contribution in [0.15, 0.2) is 52.3 Å². The first-order chi connectivity index (χ1) is 13.8. The van der Waals surface area contributed by atoms with Gasteiger partial charge >= 0.3 is 0 Å². The van der Waals surface area contributed by atoms with Crippen molar-refractivity contribution in [2.24, 2.45) is 4.99 Å². The molecular formula is C21H19ClN2O4S. The second kappa shape index (κ2) is 7.31. The third kappa shape index (κ3) is 3.56. The van der Waals surface area contributed by atoms with E-state index in [9.17, 15) is 18.3 Å². The Morgan fingerprint density at radius 3 is 2.59 bits per heavy atom. The van der Waals surface area contributed by atoms with Crippen molar-refractivity contribution in [3.63, 3.8) is 0 Å². The summed E-state index contributed by atoms with van der Waals surface area (Å²) in [4.78, 5) is 17.5. The summed E-state index contributed by atoms with van der Waals surface area (Å²) in [7, 11) is -3.07. The van der Waals surface area contributed by atoms with Gasteiger partial charge in [0, 0.05) is 22.0 Å². The Kier molecular flexibility index (Phi) is 4.96. The average Bonchev–Trinajstić information content (AvgIpc) is 3.04. The average molecular weight is 431 g/mol. The maximum atomic E-state index is 13.1. The normalized spacial score (nSPS) is 18.6. The van der Waals surface area contributed by atoms with Crippen LogP contribution in [0.3, 0.4) is 0 Å². The van der Waals surface area contributed by atoms with Crippen molar-refractivity contribution in [3.05, 3.63) is 69.0 Å². The minimum Gasteiger partial charge on any atom is -0.494 e. The Morgan fingerprint density at radius 1 is 1.17 bits per heavy atom. The predicted molar refractivity (Wildman–Crippen MR) is 116 cm³/mol. The first-order valence-corrected chi connectivity index (χ1v) is 11.3. The van der Waals surface area contributed by atoms with Crippen molar-refractivity contribution in [2.45, 2.75) is 19.4 Å². The highest BCUT2D eigenvalue weighted by molar-refractivity contribution is 7.91. The van der Waals surface area contributed by atoms with Gasteiger partial charge in [-0.3, -0.25) is 9.79 Å². The molecule has 1 N–H and O–H groups in total. The van der Waals surface area contributed by atoms with Gasteiger partial charge in [0.05, 0.1) is 28.8 Å². The van der Waals surface area contributed by atoms with E-state index in [1.165, 1.54) is 10.8 Å². The number of sulfone groups is 1. The van der Waals surface area contributed by atoms with E-state index in [-0.39, 0.29) is 29.0 Å². The maximum Gasteiger partial charge on any atom is 0.265 e. The van der Waals surface area contributed by atoms with Crippen LogP contribution < -0.4 is 5.56 Å². The predicted octanol–water partition coefficient (Wildman–Crippen LogP) is 3.26. The van der Waals surface area contributed by atoms with Crippen molar-refractivity contribution in [3.8, 4) is 11.6 Å². The Balaban J connectivity index is 1.95. The number of hydrogen-bond acceptors (Lipinski definition) is 5. The lowest BCUT2D eigenvalue weighted by molar-refractivity contribution is 0.436. The third-order valence-corrected chi connectivity index (χ3v) is 7.37. The molecule has 6 nitrogen and oxygen atoms in total. The number of aromatic nitrogens is 1. The molecule has 29 heavy (non-hydrogen) atoms. The van der Waals surface area contributed by atoms with Crippen molar-refractivity contribution >= 4 is 38.4 Å². The van der Waals surface area contributed by atoms with E-state index in [1.54, 1.807) is 49.4 Å². The molecule has 1 unspecified atom stereocenters. The number of halogens is 1. The number of hydrogen-bond donors (Lipinski definition) is 1. The van der Waals surface area contributed by atoms with E-state index in [4.69, 9.17) is 11.6 Å². The number of nitrogens with zero attached hydrogens (tertiary/aromatic N) is 2. The second-order valence-corrected chi connectivity index (χ2v) is 9.78. The molecule has 0 radical (unpaired) electrons. The summed E-state index contributed by atoms with van der Waals surface area (Å²) in [6, 6.07) is 11.7. The lowest BCUT2D eigenvalue weighted by atomic mass is 10.1. The van der Waals surface area contributed by atoms with Crippen LogP contribution in [0.5, 0.6) is 5.88 Å². The van der Waals surface area contributed by atoms with Crippen LogP contribution in [0.25, 0.3) is 16.5 Å². The van der Waals surface area contributed by atoms with Gasteiger partial charge in [-0.15, -0.1) is 0 Å². The molecule has 2 aromatic carbocycles. The monoisotopic (exact) mass is 430 g/mol. The molecule has 1 aromatic heterocycles. The van der Waals surface area contributed by atoms with Crippen LogP contribution in [0.1, 0.15) is 17.5 Å². The number of rotatable bonds is 3. The van der Waals surface area contributed by atoms with Crippen molar-refractivity contribution in [2.75, 3.05) is 11.5 Å². The number of pyridine rings is 1. The summed E-state index contributed by atoms with van der Waals surface area (Å²) >= 11 is 6.22. The Hall–Kier alpha value is -2.64. The fraction of sp³-hybridized carbons (Fsp3) is 0.238. The summed E-state index contributed by atoms with van der Waals surface area (Å²) in [6.07, 6.45) is 1.92. The van der Waals surface area contributed by atoms with Gasteiger partial charge in [0.15, 0.2) is 9.84 Å². The number of benzene rings is 2. The van der Waals surface area contributed by atoms with Gasteiger partial charge < -0.3 is 5.11 Å². The third-order valence-electron chi connectivity index (χ3n) is 5.21. The van der Waals surface area contributed by atoms with Gasteiger partial charge in [0.1, 0.15) is 0 Å². The quantitative estimate of drug-likeness (QED) is 0.646. The Bertz CT molecular complexity index is 1310. The van der Waals surface area contributed by atoms with E-state index in [2.05, 4.69) is 4.99 Å². The molecule has 0 bridgehead atoms. The lowest BCUT2D eigenvalue weighted by Gasteiger charge is -2.16. The molecular weight excluding hydrogens is 412 g/mol. The molecule has 0 saturated carbocycles. The van der Waals surface area contributed by atoms with Crippen LogP contribution >= 0.6 is 11.6 Å². The molecule has 1 atom stereocenters. The summed E-state index contributed by atoms with van der Waals surface area (Å²) in [6.45, 7) is 1.77. The Labute approximate surface area is 173 Å². The molecule has 150 valence electrons. The molecule has 0 spiro atoms. The van der Waals surface area contributed by atoms with Crippen molar-refractivity contribution < 1.29 is 13.5 Å². The van der Waals surface area contributed by atoms with Gasteiger partial charge in [-0.05, 0) is 37.1 Å². The zero-order chi connectivity index (χ0) is 20.8. The fourth-order valence-electron chi connectivity index (χ4n) is 3.62. The summed E-state index contributed by atoms with van der Waals surface area (Å²) in [5.41, 5.74) is 1.13. The van der Waals surface area contributed by atoms with Crippen LogP contribution in [0.2, 0.25) is 5.02 Å². The van der Waals surface area contributed by atoms with Crippen LogP contribution in [0.4, 0.5) is 0 Å².